The molecule has 1 saturated heterocycles. The number of piperidine rings is 1. The smallest absolute Gasteiger partial charge is 0.335 e. The number of carbonyl (C=O) groups excluding carboxylic acids is 1. The number of rotatable bonds is 5. The van der Waals surface area contributed by atoms with Gasteiger partial charge in [-0.2, -0.15) is 0 Å². The SMILES string of the molecule is Cc1nc(C2CCCN(C(=O)CCc3ccc(C(=O)O)cc3)C2)sc1C. The minimum atomic E-state index is -0.931. The number of carboxylic acids is 1. The Morgan fingerprint density at radius 3 is 2.62 bits per heavy atom. The van der Waals surface area contributed by atoms with Crippen LogP contribution in [0.25, 0.3) is 0 Å². The second kappa shape index (κ2) is 7.99. The predicted molar refractivity (Wildman–Crippen MR) is 102 cm³/mol. The minimum Gasteiger partial charge on any atom is -0.478 e. The second-order valence-corrected chi connectivity index (χ2v) is 8.11. The number of aromatic nitrogens is 1. The highest BCUT2D eigenvalue weighted by Gasteiger charge is 2.26. The van der Waals surface area contributed by atoms with Gasteiger partial charge in [0.2, 0.25) is 5.91 Å². The number of benzene rings is 1. The zero-order valence-electron chi connectivity index (χ0n) is 15.2. The maximum Gasteiger partial charge on any atom is 0.335 e. The number of aromatic carboxylic acids is 1. The van der Waals surface area contributed by atoms with Crippen LogP contribution in [0.4, 0.5) is 0 Å². The van der Waals surface area contributed by atoms with Crippen LogP contribution < -0.4 is 0 Å². The first-order chi connectivity index (χ1) is 12.4. The molecule has 1 atom stereocenters. The van der Waals surface area contributed by atoms with Crippen LogP contribution in [-0.4, -0.2) is 40.0 Å². The number of aryl methyl sites for hydroxylation is 3. The molecular weight excluding hydrogens is 348 g/mol. The van der Waals surface area contributed by atoms with Crippen molar-refractivity contribution in [2.75, 3.05) is 13.1 Å². The van der Waals surface area contributed by atoms with Gasteiger partial charge in [0.1, 0.15) is 0 Å². The van der Waals surface area contributed by atoms with Crippen molar-refractivity contribution in [3.8, 4) is 0 Å². The van der Waals surface area contributed by atoms with E-state index < -0.39 is 5.97 Å². The number of nitrogens with zero attached hydrogens (tertiary/aromatic N) is 2. The number of carboxylic acid groups (broad SMARTS) is 1. The van der Waals surface area contributed by atoms with Crippen molar-refractivity contribution in [3.63, 3.8) is 0 Å². The summed E-state index contributed by atoms with van der Waals surface area (Å²) in [5, 5.41) is 10.1. The molecule has 1 aliphatic heterocycles. The number of likely N-dealkylation sites (tertiary alicyclic amines) is 1. The molecule has 6 heteroatoms. The fourth-order valence-electron chi connectivity index (χ4n) is 3.30. The van der Waals surface area contributed by atoms with Gasteiger partial charge < -0.3 is 10.0 Å². The Hall–Kier alpha value is -2.21. The lowest BCUT2D eigenvalue weighted by Gasteiger charge is -2.32. The average Bonchev–Trinajstić information content (AvgIpc) is 2.99. The lowest BCUT2D eigenvalue weighted by Crippen LogP contribution is -2.39. The van der Waals surface area contributed by atoms with Gasteiger partial charge in [0.15, 0.2) is 0 Å². The van der Waals surface area contributed by atoms with E-state index in [4.69, 9.17) is 5.11 Å². The van der Waals surface area contributed by atoms with Crippen LogP contribution in [0.1, 0.15) is 56.7 Å². The zero-order valence-corrected chi connectivity index (χ0v) is 16.0. The third-order valence-corrected chi connectivity index (χ3v) is 6.23. The molecule has 0 saturated carbocycles. The lowest BCUT2D eigenvalue weighted by atomic mass is 9.98. The van der Waals surface area contributed by atoms with Gasteiger partial charge in [-0.3, -0.25) is 4.79 Å². The molecule has 1 aromatic heterocycles. The van der Waals surface area contributed by atoms with Crippen LogP contribution in [0.2, 0.25) is 0 Å². The molecule has 0 radical (unpaired) electrons. The number of carbonyl (C=O) groups is 2. The molecule has 2 aromatic rings. The molecule has 0 bridgehead atoms. The van der Waals surface area contributed by atoms with Gasteiger partial charge in [-0.1, -0.05) is 12.1 Å². The lowest BCUT2D eigenvalue weighted by molar-refractivity contribution is -0.132. The quantitative estimate of drug-likeness (QED) is 0.867. The summed E-state index contributed by atoms with van der Waals surface area (Å²) in [5.41, 5.74) is 2.36. The molecule has 1 amide bonds. The summed E-state index contributed by atoms with van der Waals surface area (Å²) < 4.78 is 0. The van der Waals surface area contributed by atoms with Crippen molar-refractivity contribution in [2.45, 2.75) is 45.4 Å². The van der Waals surface area contributed by atoms with Gasteiger partial charge in [-0.05, 0) is 50.8 Å². The van der Waals surface area contributed by atoms with Crippen LogP contribution >= 0.6 is 11.3 Å². The number of hydrogen-bond acceptors (Lipinski definition) is 4. The van der Waals surface area contributed by atoms with E-state index in [0.29, 0.717) is 18.8 Å². The van der Waals surface area contributed by atoms with E-state index in [2.05, 4.69) is 11.9 Å². The van der Waals surface area contributed by atoms with Crippen molar-refractivity contribution in [2.24, 2.45) is 0 Å². The highest BCUT2D eigenvalue weighted by Crippen LogP contribution is 2.31. The first-order valence-corrected chi connectivity index (χ1v) is 9.79. The Balaban J connectivity index is 1.56. The second-order valence-electron chi connectivity index (χ2n) is 6.87. The summed E-state index contributed by atoms with van der Waals surface area (Å²) in [6.45, 7) is 5.70. The number of thiazole rings is 1. The van der Waals surface area contributed by atoms with E-state index in [0.717, 1.165) is 42.2 Å². The van der Waals surface area contributed by atoms with Crippen molar-refractivity contribution < 1.29 is 14.7 Å². The Labute approximate surface area is 157 Å². The molecule has 1 unspecified atom stereocenters. The maximum absolute atomic E-state index is 12.6. The molecular formula is C20H24N2O3S. The monoisotopic (exact) mass is 372 g/mol. The molecule has 26 heavy (non-hydrogen) atoms. The van der Waals surface area contributed by atoms with E-state index in [-0.39, 0.29) is 11.5 Å². The number of amides is 1. The van der Waals surface area contributed by atoms with Gasteiger partial charge in [-0.25, -0.2) is 9.78 Å². The summed E-state index contributed by atoms with van der Waals surface area (Å²) in [4.78, 5) is 31.4. The molecule has 1 N–H and O–H groups in total. The minimum absolute atomic E-state index is 0.169. The van der Waals surface area contributed by atoms with E-state index in [1.165, 1.54) is 4.88 Å². The molecule has 2 heterocycles. The maximum atomic E-state index is 12.6. The van der Waals surface area contributed by atoms with Crippen molar-refractivity contribution in [1.82, 2.24) is 9.88 Å². The van der Waals surface area contributed by atoms with Crippen LogP contribution in [0.15, 0.2) is 24.3 Å². The van der Waals surface area contributed by atoms with Crippen LogP contribution in [0.5, 0.6) is 0 Å². The van der Waals surface area contributed by atoms with Crippen molar-refractivity contribution in [1.29, 1.82) is 0 Å². The summed E-state index contributed by atoms with van der Waals surface area (Å²) >= 11 is 1.75. The molecule has 138 valence electrons. The molecule has 1 fully saturated rings. The van der Waals surface area contributed by atoms with Gasteiger partial charge in [0.25, 0.3) is 0 Å². The largest absolute Gasteiger partial charge is 0.478 e. The van der Waals surface area contributed by atoms with Crippen molar-refractivity contribution in [3.05, 3.63) is 51.0 Å². The third-order valence-electron chi connectivity index (χ3n) is 5.00. The molecule has 0 aliphatic carbocycles. The van der Waals surface area contributed by atoms with E-state index in [1.54, 1.807) is 35.6 Å². The Morgan fingerprint density at radius 1 is 1.27 bits per heavy atom. The zero-order chi connectivity index (χ0) is 18.7. The average molecular weight is 372 g/mol. The van der Waals surface area contributed by atoms with E-state index in [1.807, 2.05) is 11.8 Å². The fourth-order valence-corrected chi connectivity index (χ4v) is 4.35. The Bertz CT molecular complexity index is 778. The first-order valence-electron chi connectivity index (χ1n) is 8.98. The highest BCUT2D eigenvalue weighted by atomic mass is 32.1. The predicted octanol–water partition coefficient (Wildman–Crippen LogP) is 3.80. The summed E-state index contributed by atoms with van der Waals surface area (Å²) in [6.07, 6.45) is 3.19. The van der Waals surface area contributed by atoms with E-state index >= 15 is 0 Å². The van der Waals surface area contributed by atoms with Gasteiger partial charge in [0.05, 0.1) is 16.3 Å². The summed E-state index contributed by atoms with van der Waals surface area (Å²) in [6, 6.07) is 6.76. The van der Waals surface area contributed by atoms with Crippen LogP contribution in [0, 0.1) is 13.8 Å². The highest BCUT2D eigenvalue weighted by molar-refractivity contribution is 7.11. The summed E-state index contributed by atoms with van der Waals surface area (Å²) in [5.74, 6) is -0.415. The van der Waals surface area contributed by atoms with E-state index in [9.17, 15) is 9.59 Å². The molecule has 5 nitrogen and oxygen atoms in total. The van der Waals surface area contributed by atoms with Gasteiger partial charge >= 0.3 is 5.97 Å². The molecule has 0 spiro atoms. The normalized spacial score (nSPS) is 17.3. The third kappa shape index (κ3) is 4.30. The Morgan fingerprint density at radius 2 is 2.00 bits per heavy atom. The molecule has 1 aliphatic rings. The van der Waals surface area contributed by atoms with Crippen LogP contribution in [0.3, 0.4) is 0 Å². The Kier molecular flexibility index (Phi) is 5.71. The molecule has 1 aromatic carbocycles. The number of hydrogen-bond donors (Lipinski definition) is 1. The van der Waals surface area contributed by atoms with Crippen LogP contribution in [-0.2, 0) is 11.2 Å². The van der Waals surface area contributed by atoms with Crippen molar-refractivity contribution >= 4 is 23.2 Å². The first kappa shape index (κ1) is 18.6. The van der Waals surface area contributed by atoms with Gasteiger partial charge in [0, 0.05) is 30.3 Å². The summed E-state index contributed by atoms with van der Waals surface area (Å²) in [7, 11) is 0. The fraction of sp³-hybridized carbons (Fsp3) is 0.450. The molecule has 3 rings (SSSR count). The van der Waals surface area contributed by atoms with Gasteiger partial charge in [-0.15, -0.1) is 11.3 Å². The standard InChI is InChI=1S/C20H24N2O3S/c1-13-14(2)26-19(21-13)17-4-3-11-22(12-17)18(23)10-7-15-5-8-16(9-6-15)20(24)25/h5-6,8-9,17H,3-4,7,10-12H2,1-2H3,(H,24,25). The topological polar surface area (TPSA) is 70.5 Å².